The number of hydrogen-bond acceptors (Lipinski definition) is 2. The molecule has 0 radical (unpaired) electrons. The molecule has 2 fully saturated rings. The molecule has 2 unspecified atom stereocenters. The van der Waals surface area contributed by atoms with Gasteiger partial charge in [0.1, 0.15) is 0 Å². The molecule has 0 aromatic rings. The van der Waals surface area contributed by atoms with Gasteiger partial charge in [0, 0.05) is 19.0 Å². The lowest BCUT2D eigenvalue weighted by atomic mass is 9.83. The number of carbonyl (C=O) groups is 1. The van der Waals surface area contributed by atoms with Crippen LogP contribution >= 0.6 is 0 Å². The van der Waals surface area contributed by atoms with Gasteiger partial charge in [0.25, 0.3) is 0 Å². The topological polar surface area (TPSA) is 55.1 Å². The van der Waals surface area contributed by atoms with Crippen molar-refractivity contribution in [2.75, 3.05) is 6.54 Å². The van der Waals surface area contributed by atoms with E-state index in [-0.39, 0.29) is 11.9 Å². The van der Waals surface area contributed by atoms with Gasteiger partial charge in [-0.15, -0.1) is 0 Å². The molecule has 2 saturated carbocycles. The highest BCUT2D eigenvalue weighted by molar-refractivity contribution is 5.76. The van der Waals surface area contributed by atoms with Gasteiger partial charge in [0.2, 0.25) is 5.91 Å². The number of nitrogens with one attached hydrogen (secondary N) is 1. The number of carbonyl (C=O) groups excluding carboxylic acids is 1. The summed E-state index contributed by atoms with van der Waals surface area (Å²) >= 11 is 0. The minimum atomic E-state index is 0.215. The second kappa shape index (κ2) is 5.38. The zero-order valence-electron chi connectivity index (χ0n) is 11.0. The van der Waals surface area contributed by atoms with E-state index in [0.29, 0.717) is 17.8 Å². The van der Waals surface area contributed by atoms with Crippen molar-refractivity contribution in [3.8, 4) is 0 Å². The Bertz CT molecular complexity index is 273. The summed E-state index contributed by atoms with van der Waals surface area (Å²) in [5.74, 6) is 0.632. The van der Waals surface area contributed by atoms with Gasteiger partial charge >= 0.3 is 0 Å². The van der Waals surface area contributed by atoms with Crippen LogP contribution in [0.1, 0.15) is 58.3 Å². The van der Waals surface area contributed by atoms with E-state index in [1.165, 1.54) is 32.1 Å². The van der Waals surface area contributed by atoms with Gasteiger partial charge in [-0.25, -0.2) is 0 Å². The molecule has 3 nitrogen and oxygen atoms in total. The van der Waals surface area contributed by atoms with Gasteiger partial charge in [0.15, 0.2) is 0 Å². The monoisotopic (exact) mass is 238 g/mol. The van der Waals surface area contributed by atoms with Gasteiger partial charge in [-0.1, -0.05) is 19.8 Å². The fraction of sp³-hybridized carbons (Fsp3) is 0.929. The summed E-state index contributed by atoms with van der Waals surface area (Å²) in [6, 6.07) is 0.246. The normalized spacial score (nSPS) is 30.9. The van der Waals surface area contributed by atoms with Crippen LogP contribution in [0, 0.1) is 11.3 Å². The molecule has 0 bridgehead atoms. The van der Waals surface area contributed by atoms with Crippen LogP contribution in [-0.4, -0.2) is 18.5 Å². The van der Waals surface area contributed by atoms with Crippen molar-refractivity contribution >= 4 is 5.91 Å². The molecule has 2 aliphatic rings. The van der Waals surface area contributed by atoms with Crippen LogP contribution in [0.4, 0.5) is 0 Å². The van der Waals surface area contributed by atoms with Crippen LogP contribution in [0.5, 0.6) is 0 Å². The van der Waals surface area contributed by atoms with E-state index in [0.717, 1.165) is 19.4 Å². The van der Waals surface area contributed by atoms with Gasteiger partial charge in [-0.2, -0.15) is 0 Å². The summed E-state index contributed by atoms with van der Waals surface area (Å²) < 4.78 is 0. The molecule has 2 atom stereocenters. The molecule has 2 aliphatic carbocycles. The molecule has 0 heterocycles. The summed E-state index contributed by atoms with van der Waals surface area (Å²) in [7, 11) is 0. The number of nitrogens with two attached hydrogens (primary N) is 1. The second-order valence-corrected chi connectivity index (χ2v) is 6.04. The van der Waals surface area contributed by atoms with Gasteiger partial charge in [-0.05, 0) is 43.4 Å². The minimum Gasteiger partial charge on any atom is -0.356 e. The molecule has 1 amide bonds. The number of rotatable bonds is 5. The quantitative estimate of drug-likeness (QED) is 0.771. The molecule has 17 heavy (non-hydrogen) atoms. The van der Waals surface area contributed by atoms with Crippen molar-refractivity contribution in [2.24, 2.45) is 17.1 Å². The molecule has 98 valence electrons. The van der Waals surface area contributed by atoms with Crippen LogP contribution in [0.15, 0.2) is 0 Å². The molecule has 0 aromatic carbocycles. The first-order valence-corrected chi connectivity index (χ1v) is 7.17. The Balaban J connectivity index is 1.69. The summed E-state index contributed by atoms with van der Waals surface area (Å²) in [6.45, 7) is 3.10. The first-order chi connectivity index (χ1) is 8.15. The fourth-order valence-electron chi connectivity index (χ4n) is 2.92. The maximum Gasteiger partial charge on any atom is 0.220 e. The zero-order chi connectivity index (χ0) is 12.3. The Morgan fingerprint density at radius 2 is 2.06 bits per heavy atom. The molecular formula is C14H26N2O. The highest BCUT2D eigenvalue weighted by Crippen LogP contribution is 2.47. The Morgan fingerprint density at radius 3 is 2.65 bits per heavy atom. The molecule has 0 aliphatic heterocycles. The molecule has 0 aromatic heterocycles. The molecule has 0 spiro atoms. The minimum absolute atomic E-state index is 0.215. The van der Waals surface area contributed by atoms with Crippen molar-refractivity contribution in [3.05, 3.63) is 0 Å². The average molecular weight is 238 g/mol. The maximum atomic E-state index is 11.9. The number of amides is 1. The lowest BCUT2D eigenvalue weighted by Gasteiger charge is -2.28. The van der Waals surface area contributed by atoms with Crippen molar-refractivity contribution in [1.82, 2.24) is 5.32 Å². The maximum absolute atomic E-state index is 11.9. The lowest BCUT2D eigenvalue weighted by Crippen LogP contribution is -2.38. The van der Waals surface area contributed by atoms with E-state index in [1.807, 2.05) is 0 Å². The van der Waals surface area contributed by atoms with E-state index in [4.69, 9.17) is 5.73 Å². The van der Waals surface area contributed by atoms with Crippen molar-refractivity contribution in [3.63, 3.8) is 0 Å². The van der Waals surface area contributed by atoms with Crippen LogP contribution in [0.3, 0.4) is 0 Å². The summed E-state index contributed by atoms with van der Waals surface area (Å²) in [5.41, 5.74) is 6.52. The Hall–Kier alpha value is -0.570. The van der Waals surface area contributed by atoms with E-state index >= 15 is 0 Å². The van der Waals surface area contributed by atoms with E-state index in [9.17, 15) is 4.79 Å². The van der Waals surface area contributed by atoms with Crippen molar-refractivity contribution in [1.29, 1.82) is 0 Å². The van der Waals surface area contributed by atoms with E-state index < -0.39 is 0 Å². The van der Waals surface area contributed by atoms with Gasteiger partial charge < -0.3 is 11.1 Å². The first kappa shape index (κ1) is 12.9. The Kier molecular flexibility index (Phi) is 4.08. The highest BCUT2D eigenvalue weighted by atomic mass is 16.1. The first-order valence-electron chi connectivity index (χ1n) is 7.17. The summed E-state index contributed by atoms with van der Waals surface area (Å²) in [4.78, 5) is 11.9. The van der Waals surface area contributed by atoms with Crippen LogP contribution in [0.25, 0.3) is 0 Å². The smallest absolute Gasteiger partial charge is 0.220 e. The SMILES string of the molecule is CCC1(CNC(=O)CC2CCCCC2N)CC1. The predicted molar refractivity (Wildman–Crippen MR) is 69.5 cm³/mol. The molecular weight excluding hydrogens is 212 g/mol. The zero-order valence-corrected chi connectivity index (χ0v) is 11.0. The molecule has 3 heteroatoms. The van der Waals surface area contributed by atoms with Crippen molar-refractivity contribution in [2.45, 2.75) is 64.3 Å². The van der Waals surface area contributed by atoms with Crippen LogP contribution in [-0.2, 0) is 4.79 Å². The highest BCUT2D eigenvalue weighted by Gasteiger charge is 2.40. The molecule has 2 rings (SSSR count). The average Bonchev–Trinajstić information content (AvgIpc) is 3.10. The van der Waals surface area contributed by atoms with E-state index in [2.05, 4.69) is 12.2 Å². The lowest BCUT2D eigenvalue weighted by molar-refractivity contribution is -0.122. The Labute approximate surface area is 105 Å². The van der Waals surface area contributed by atoms with Crippen LogP contribution < -0.4 is 11.1 Å². The van der Waals surface area contributed by atoms with Crippen molar-refractivity contribution < 1.29 is 4.79 Å². The fourth-order valence-corrected chi connectivity index (χ4v) is 2.92. The van der Waals surface area contributed by atoms with Crippen LogP contribution in [0.2, 0.25) is 0 Å². The Morgan fingerprint density at radius 1 is 1.35 bits per heavy atom. The van der Waals surface area contributed by atoms with Gasteiger partial charge in [-0.3, -0.25) is 4.79 Å². The molecule has 0 saturated heterocycles. The second-order valence-electron chi connectivity index (χ2n) is 6.04. The number of hydrogen-bond donors (Lipinski definition) is 2. The predicted octanol–water partition coefficient (Wildman–Crippen LogP) is 2.20. The van der Waals surface area contributed by atoms with E-state index in [1.54, 1.807) is 0 Å². The standard InChI is InChI=1S/C14H26N2O/c1-2-14(7-8-14)10-16-13(17)9-11-5-3-4-6-12(11)15/h11-12H,2-10,15H2,1H3,(H,16,17). The summed E-state index contributed by atoms with van der Waals surface area (Å²) in [6.07, 6.45) is 9.10. The third-order valence-electron chi connectivity index (χ3n) is 4.78. The largest absolute Gasteiger partial charge is 0.356 e. The third kappa shape index (κ3) is 3.44. The van der Waals surface area contributed by atoms with Gasteiger partial charge in [0.05, 0.1) is 0 Å². The molecule has 3 N–H and O–H groups in total. The third-order valence-corrected chi connectivity index (χ3v) is 4.78. The summed E-state index contributed by atoms with van der Waals surface area (Å²) in [5, 5.41) is 3.11.